The Balaban J connectivity index is 2.67. The second-order valence-electron chi connectivity index (χ2n) is 5.22. The zero-order chi connectivity index (χ0) is 11.6. The van der Waals surface area contributed by atoms with E-state index in [1.54, 1.807) is 4.90 Å². The third kappa shape index (κ3) is 3.09. The summed E-state index contributed by atoms with van der Waals surface area (Å²) >= 11 is 0. The number of hydrogen-bond donors (Lipinski definition) is 2. The van der Waals surface area contributed by atoms with E-state index >= 15 is 0 Å². The molecule has 1 unspecified atom stereocenters. The maximum absolute atomic E-state index is 11.9. The Morgan fingerprint density at radius 3 is 2.67 bits per heavy atom. The van der Waals surface area contributed by atoms with Crippen molar-refractivity contribution in [3.63, 3.8) is 0 Å². The van der Waals surface area contributed by atoms with Gasteiger partial charge in [0.2, 0.25) is 0 Å². The molecule has 2 N–H and O–H groups in total. The standard InChI is InChI=1S/C11H22N2O2/c1-8(2)12-10(15)13-7-9(14)5-6-11(13,3)4/h8-9,14H,5-7H2,1-4H3,(H,12,15). The van der Waals surface area contributed by atoms with Crippen LogP contribution in [0.1, 0.15) is 40.5 Å². The topological polar surface area (TPSA) is 52.6 Å². The molecule has 0 saturated carbocycles. The molecule has 0 radical (unpaired) electrons. The first kappa shape index (κ1) is 12.3. The Hall–Kier alpha value is -0.770. The van der Waals surface area contributed by atoms with Gasteiger partial charge < -0.3 is 15.3 Å². The highest BCUT2D eigenvalue weighted by molar-refractivity contribution is 5.75. The molecule has 88 valence electrons. The van der Waals surface area contributed by atoms with Crippen molar-refractivity contribution in [1.29, 1.82) is 0 Å². The fourth-order valence-corrected chi connectivity index (χ4v) is 1.89. The first-order valence-electron chi connectivity index (χ1n) is 5.59. The van der Waals surface area contributed by atoms with E-state index in [-0.39, 0.29) is 23.7 Å². The number of likely N-dealkylation sites (tertiary alicyclic amines) is 1. The van der Waals surface area contributed by atoms with Gasteiger partial charge in [-0.2, -0.15) is 0 Å². The fraction of sp³-hybridized carbons (Fsp3) is 0.909. The van der Waals surface area contributed by atoms with Crippen LogP contribution in [0.3, 0.4) is 0 Å². The quantitative estimate of drug-likeness (QED) is 0.692. The van der Waals surface area contributed by atoms with Crippen molar-refractivity contribution >= 4 is 6.03 Å². The van der Waals surface area contributed by atoms with Crippen LogP contribution in [0.15, 0.2) is 0 Å². The number of aliphatic hydroxyl groups excluding tert-OH is 1. The minimum atomic E-state index is -0.379. The van der Waals surface area contributed by atoms with Gasteiger partial charge in [0.25, 0.3) is 0 Å². The third-order valence-corrected chi connectivity index (χ3v) is 2.87. The molecule has 0 spiro atoms. The van der Waals surface area contributed by atoms with Gasteiger partial charge in [-0.05, 0) is 40.5 Å². The molecule has 1 rings (SSSR count). The second kappa shape index (κ2) is 4.39. The lowest BCUT2D eigenvalue weighted by atomic mass is 9.89. The first-order chi connectivity index (χ1) is 6.83. The zero-order valence-corrected chi connectivity index (χ0v) is 10.1. The molecule has 1 saturated heterocycles. The number of aliphatic hydroxyl groups is 1. The summed E-state index contributed by atoms with van der Waals surface area (Å²) in [4.78, 5) is 13.6. The normalized spacial score (nSPS) is 25.5. The van der Waals surface area contributed by atoms with E-state index in [1.807, 2.05) is 27.7 Å². The average molecular weight is 214 g/mol. The van der Waals surface area contributed by atoms with Crippen LogP contribution >= 0.6 is 0 Å². The molecule has 0 aromatic rings. The maximum atomic E-state index is 11.9. The maximum Gasteiger partial charge on any atom is 0.318 e. The van der Waals surface area contributed by atoms with E-state index in [9.17, 15) is 9.90 Å². The highest BCUT2D eigenvalue weighted by Crippen LogP contribution is 2.27. The summed E-state index contributed by atoms with van der Waals surface area (Å²) in [5, 5.41) is 12.4. The van der Waals surface area contributed by atoms with Crippen molar-refractivity contribution in [2.75, 3.05) is 6.54 Å². The molecule has 1 aliphatic rings. The van der Waals surface area contributed by atoms with Crippen LogP contribution in [0.5, 0.6) is 0 Å². The summed E-state index contributed by atoms with van der Waals surface area (Å²) < 4.78 is 0. The van der Waals surface area contributed by atoms with E-state index < -0.39 is 0 Å². The predicted octanol–water partition coefficient (Wildman–Crippen LogP) is 1.34. The number of urea groups is 1. The summed E-state index contributed by atoms with van der Waals surface area (Å²) in [6, 6.07) is 0.0566. The molecule has 1 aliphatic heterocycles. The first-order valence-corrected chi connectivity index (χ1v) is 5.59. The molecule has 4 heteroatoms. The van der Waals surface area contributed by atoms with E-state index in [0.717, 1.165) is 12.8 Å². The molecule has 1 fully saturated rings. The van der Waals surface area contributed by atoms with Crippen molar-refractivity contribution in [1.82, 2.24) is 10.2 Å². The fourth-order valence-electron chi connectivity index (χ4n) is 1.89. The lowest BCUT2D eigenvalue weighted by Gasteiger charge is -2.44. The Kier molecular flexibility index (Phi) is 3.60. The molecule has 15 heavy (non-hydrogen) atoms. The van der Waals surface area contributed by atoms with Gasteiger partial charge in [0, 0.05) is 18.1 Å². The summed E-state index contributed by atoms with van der Waals surface area (Å²) in [7, 11) is 0. The van der Waals surface area contributed by atoms with E-state index in [1.165, 1.54) is 0 Å². The van der Waals surface area contributed by atoms with Crippen LogP contribution in [-0.2, 0) is 0 Å². The monoisotopic (exact) mass is 214 g/mol. The van der Waals surface area contributed by atoms with Gasteiger partial charge in [-0.3, -0.25) is 0 Å². The number of nitrogens with zero attached hydrogens (tertiary/aromatic N) is 1. The van der Waals surface area contributed by atoms with Gasteiger partial charge in [-0.25, -0.2) is 4.79 Å². The number of nitrogens with one attached hydrogen (secondary N) is 1. The summed E-state index contributed by atoms with van der Waals surface area (Å²) in [6.07, 6.45) is 1.24. The molecule has 2 amide bonds. The van der Waals surface area contributed by atoms with Crippen LogP contribution in [0.4, 0.5) is 4.79 Å². The van der Waals surface area contributed by atoms with Gasteiger partial charge in [-0.15, -0.1) is 0 Å². The minimum Gasteiger partial charge on any atom is -0.391 e. The van der Waals surface area contributed by atoms with Crippen LogP contribution in [-0.4, -0.2) is 40.3 Å². The Bertz CT molecular complexity index is 239. The molecule has 0 aliphatic carbocycles. The van der Waals surface area contributed by atoms with Crippen LogP contribution in [0.2, 0.25) is 0 Å². The summed E-state index contributed by atoms with van der Waals surface area (Å²) in [6.45, 7) is 8.39. The van der Waals surface area contributed by atoms with Crippen LogP contribution in [0, 0.1) is 0 Å². The van der Waals surface area contributed by atoms with E-state index in [2.05, 4.69) is 5.32 Å². The molecule has 0 bridgehead atoms. The molecule has 0 aromatic carbocycles. The van der Waals surface area contributed by atoms with Crippen LogP contribution in [0.25, 0.3) is 0 Å². The molecule has 1 atom stereocenters. The lowest BCUT2D eigenvalue weighted by Crippen LogP contribution is -2.58. The lowest BCUT2D eigenvalue weighted by molar-refractivity contribution is 0.0203. The highest BCUT2D eigenvalue weighted by Gasteiger charge is 2.36. The van der Waals surface area contributed by atoms with E-state index in [0.29, 0.717) is 6.54 Å². The Morgan fingerprint density at radius 2 is 2.13 bits per heavy atom. The average Bonchev–Trinajstić information content (AvgIpc) is 2.08. The number of piperidine rings is 1. The summed E-state index contributed by atoms with van der Waals surface area (Å²) in [5.41, 5.74) is -0.155. The minimum absolute atomic E-state index is 0.0752. The molecule has 0 aromatic heterocycles. The van der Waals surface area contributed by atoms with Crippen molar-refractivity contribution in [2.45, 2.75) is 58.2 Å². The number of carbonyl (C=O) groups is 1. The molecule has 4 nitrogen and oxygen atoms in total. The molecule has 1 heterocycles. The van der Waals surface area contributed by atoms with Gasteiger partial charge in [0.15, 0.2) is 0 Å². The molecular weight excluding hydrogens is 192 g/mol. The van der Waals surface area contributed by atoms with Crippen molar-refractivity contribution in [3.8, 4) is 0 Å². The Labute approximate surface area is 91.6 Å². The van der Waals surface area contributed by atoms with Crippen molar-refractivity contribution < 1.29 is 9.90 Å². The number of carbonyl (C=O) groups excluding carboxylic acids is 1. The SMILES string of the molecule is CC(C)NC(=O)N1CC(O)CCC1(C)C. The number of amides is 2. The number of hydrogen-bond acceptors (Lipinski definition) is 2. The predicted molar refractivity (Wildman–Crippen MR) is 59.7 cm³/mol. The highest BCUT2D eigenvalue weighted by atomic mass is 16.3. The van der Waals surface area contributed by atoms with Crippen LogP contribution < -0.4 is 5.32 Å². The van der Waals surface area contributed by atoms with Crippen molar-refractivity contribution in [2.24, 2.45) is 0 Å². The third-order valence-electron chi connectivity index (χ3n) is 2.87. The smallest absolute Gasteiger partial charge is 0.318 e. The zero-order valence-electron chi connectivity index (χ0n) is 10.1. The molecular formula is C11H22N2O2. The number of rotatable bonds is 1. The largest absolute Gasteiger partial charge is 0.391 e. The Morgan fingerprint density at radius 1 is 1.53 bits per heavy atom. The van der Waals surface area contributed by atoms with Crippen molar-refractivity contribution in [3.05, 3.63) is 0 Å². The van der Waals surface area contributed by atoms with E-state index in [4.69, 9.17) is 0 Å². The van der Waals surface area contributed by atoms with Gasteiger partial charge in [0.1, 0.15) is 0 Å². The number of β-amino-alcohol motifs (C(OH)–C–C–N with tert-alkyl or cyclic N) is 1. The second-order valence-corrected chi connectivity index (χ2v) is 5.22. The van der Waals surface area contributed by atoms with Gasteiger partial charge in [-0.1, -0.05) is 0 Å². The summed E-state index contributed by atoms with van der Waals surface area (Å²) in [5.74, 6) is 0. The van der Waals surface area contributed by atoms with Gasteiger partial charge in [0.05, 0.1) is 6.10 Å². The van der Waals surface area contributed by atoms with Gasteiger partial charge >= 0.3 is 6.03 Å².